The van der Waals surface area contributed by atoms with Crippen molar-refractivity contribution >= 4 is 11.6 Å². The van der Waals surface area contributed by atoms with Crippen molar-refractivity contribution in [3.63, 3.8) is 0 Å². The van der Waals surface area contributed by atoms with Gasteiger partial charge in [-0.05, 0) is 31.0 Å². The molecule has 1 aromatic carbocycles. The lowest BCUT2D eigenvalue weighted by Gasteiger charge is -2.08. The van der Waals surface area contributed by atoms with Crippen LogP contribution in [0.15, 0.2) is 18.2 Å². The first kappa shape index (κ1) is 13.6. The van der Waals surface area contributed by atoms with Crippen LogP contribution in [0.5, 0.6) is 0 Å². The fraction of sp³-hybridized carbons (Fsp3) is 0.286. The molecule has 0 saturated heterocycles. The predicted molar refractivity (Wildman–Crippen MR) is 73.5 cm³/mol. The Kier molecular flexibility index (Phi) is 3.89. The number of hydrogen-bond donors (Lipinski definition) is 0. The summed E-state index contributed by atoms with van der Waals surface area (Å²) < 4.78 is 6.64. The molecule has 0 amide bonds. The van der Waals surface area contributed by atoms with Crippen molar-refractivity contribution in [1.29, 1.82) is 5.26 Å². The van der Waals surface area contributed by atoms with Crippen molar-refractivity contribution in [2.75, 3.05) is 7.11 Å². The first-order chi connectivity index (χ1) is 9.08. The molecule has 0 N–H and O–H groups in total. The second-order valence-electron chi connectivity index (χ2n) is 4.36. The summed E-state index contributed by atoms with van der Waals surface area (Å²) in [5.41, 5.74) is 3.95. The van der Waals surface area contributed by atoms with Gasteiger partial charge in [0, 0.05) is 7.11 Å². The molecule has 2 rings (SSSR count). The van der Waals surface area contributed by atoms with Gasteiger partial charge in [0.2, 0.25) is 0 Å². The van der Waals surface area contributed by atoms with Gasteiger partial charge in [-0.25, -0.2) is 4.68 Å². The lowest BCUT2D eigenvalue weighted by Crippen LogP contribution is -2.01. The second-order valence-corrected chi connectivity index (χ2v) is 4.72. The molecule has 0 fully saturated rings. The summed E-state index contributed by atoms with van der Waals surface area (Å²) in [6.07, 6.45) is 0. The highest BCUT2D eigenvalue weighted by Gasteiger charge is 2.18. The average Bonchev–Trinajstić information content (AvgIpc) is 2.69. The lowest BCUT2D eigenvalue weighted by atomic mass is 10.1. The third-order valence-electron chi connectivity index (χ3n) is 2.89. The van der Waals surface area contributed by atoms with Gasteiger partial charge in [-0.1, -0.05) is 23.7 Å². The normalized spacial score (nSPS) is 10.5. The van der Waals surface area contributed by atoms with Gasteiger partial charge in [0.25, 0.3) is 0 Å². The van der Waals surface area contributed by atoms with Crippen LogP contribution < -0.4 is 0 Å². The van der Waals surface area contributed by atoms with Gasteiger partial charge >= 0.3 is 0 Å². The first-order valence-electron chi connectivity index (χ1n) is 5.82. The first-order valence-corrected chi connectivity index (χ1v) is 6.20. The summed E-state index contributed by atoms with van der Waals surface area (Å²) >= 11 is 6.25. The molecule has 2 aromatic rings. The van der Waals surface area contributed by atoms with Crippen LogP contribution >= 0.6 is 11.6 Å². The van der Waals surface area contributed by atoms with Crippen LogP contribution in [0.25, 0.3) is 5.69 Å². The molecule has 0 bridgehead atoms. The maximum absolute atomic E-state index is 9.17. The average molecular weight is 276 g/mol. The summed E-state index contributed by atoms with van der Waals surface area (Å²) in [6, 6.07) is 8.10. The van der Waals surface area contributed by atoms with Crippen LogP contribution in [-0.4, -0.2) is 16.9 Å². The van der Waals surface area contributed by atoms with E-state index in [1.54, 1.807) is 11.8 Å². The van der Waals surface area contributed by atoms with Crippen molar-refractivity contribution in [1.82, 2.24) is 9.78 Å². The van der Waals surface area contributed by atoms with E-state index < -0.39 is 0 Å². The topological polar surface area (TPSA) is 50.8 Å². The minimum atomic E-state index is 0.264. The third-order valence-corrected chi connectivity index (χ3v) is 3.24. The van der Waals surface area contributed by atoms with E-state index in [-0.39, 0.29) is 6.61 Å². The highest BCUT2D eigenvalue weighted by Crippen LogP contribution is 2.25. The van der Waals surface area contributed by atoms with Gasteiger partial charge in [0.1, 0.15) is 17.3 Å². The fourth-order valence-electron chi connectivity index (χ4n) is 1.90. The number of aryl methyl sites for hydroxylation is 2. The molecule has 19 heavy (non-hydrogen) atoms. The van der Waals surface area contributed by atoms with Crippen molar-refractivity contribution in [2.24, 2.45) is 0 Å². The van der Waals surface area contributed by atoms with Gasteiger partial charge in [-0.3, -0.25) is 0 Å². The zero-order valence-electron chi connectivity index (χ0n) is 11.1. The number of aromatic nitrogens is 2. The van der Waals surface area contributed by atoms with E-state index in [1.165, 1.54) is 0 Å². The Labute approximate surface area is 117 Å². The van der Waals surface area contributed by atoms with Crippen molar-refractivity contribution in [3.05, 3.63) is 45.7 Å². The predicted octanol–water partition coefficient (Wildman–Crippen LogP) is 3.16. The lowest BCUT2D eigenvalue weighted by molar-refractivity contribution is 0.181. The number of halogens is 1. The monoisotopic (exact) mass is 275 g/mol. The Morgan fingerprint density at radius 1 is 1.42 bits per heavy atom. The molecule has 0 saturated carbocycles. The molecule has 1 aromatic heterocycles. The Morgan fingerprint density at radius 3 is 2.79 bits per heavy atom. The Balaban J connectivity index is 2.63. The molecular weight excluding hydrogens is 262 g/mol. The quantitative estimate of drug-likeness (QED) is 0.864. The Morgan fingerprint density at radius 2 is 2.16 bits per heavy atom. The SMILES string of the molecule is COCc1nn(-c2cc(C)ccc2C)c(Cl)c1C#N. The molecule has 0 aliphatic rings. The molecule has 0 spiro atoms. The summed E-state index contributed by atoms with van der Waals surface area (Å²) in [5, 5.41) is 13.9. The van der Waals surface area contributed by atoms with Crippen LogP contribution in [0.1, 0.15) is 22.4 Å². The minimum absolute atomic E-state index is 0.264. The Hall–Kier alpha value is -1.83. The van der Waals surface area contributed by atoms with E-state index in [0.717, 1.165) is 16.8 Å². The summed E-state index contributed by atoms with van der Waals surface area (Å²) in [6.45, 7) is 4.25. The number of ether oxygens (including phenoxy) is 1. The second kappa shape index (κ2) is 5.43. The highest BCUT2D eigenvalue weighted by atomic mass is 35.5. The fourth-order valence-corrected chi connectivity index (χ4v) is 2.18. The molecule has 0 aliphatic heterocycles. The molecule has 0 atom stereocenters. The summed E-state index contributed by atoms with van der Waals surface area (Å²) in [5.74, 6) is 0. The molecular formula is C14H14ClN3O. The van der Waals surface area contributed by atoms with Gasteiger partial charge in [-0.15, -0.1) is 0 Å². The van der Waals surface area contributed by atoms with Crippen molar-refractivity contribution < 1.29 is 4.74 Å². The van der Waals surface area contributed by atoms with Crippen LogP contribution in [0, 0.1) is 25.2 Å². The van der Waals surface area contributed by atoms with Gasteiger partial charge in [0.15, 0.2) is 5.15 Å². The molecule has 0 radical (unpaired) electrons. The van der Waals surface area contributed by atoms with Gasteiger partial charge in [-0.2, -0.15) is 10.4 Å². The zero-order chi connectivity index (χ0) is 14.0. The van der Waals surface area contributed by atoms with E-state index in [9.17, 15) is 0 Å². The van der Waals surface area contributed by atoms with Crippen molar-refractivity contribution in [3.8, 4) is 11.8 Å². The molecule has 0 unspecified atom stereocenters. The number of nitrogens with zero attached hydrogens (tertiary/aromatic N) is 3. The number of benzene rings is 1. The van der Waals surface area contributed by atoms with Gasteiger partial charge in [0.05, 0.1) is 12.3 Å². The molecule has 1 heterocycles. The largest absolute Gasteiger partial charge is 0.378 e. The standard InChI is InChI=1S/C14H14ClN3O/c1-9-4-5-10(2)13(6-9)18-14(15)11(7-16)12(17-18)8-19-3/h4-6H,8H2,1-3H3. The molecule has 98 valence electrons. The maximum Gasteiger partial charge on any atom is 0.151 e. The molecule has 4 nitrogen and oxygen atoms in total. The number of methoxy groups -OCH3 is 1. The van der Waals surface area contributed by atoms with Crippen LogP contribution in [0.2, 0.25) is 5.15 Å². The van der Waals surface area contributed by atoms with E-state index in [2.05, 4.69) is 11.2 Å². The maximum atomic E-state index is 9.17. The van der Waals surface area contributed by atoms with Gasteiger partial charge < -0.3 is 4.74 Å². The van der Waals surface area contributed by atoms with E-state index in [0.29, 0.717) is 16.4 Å². The summed E-state index contributed by atoms with van der Waals surface area (Å²) in [4.78, 5) is 0. The molecule has 5 heteroatoms. The van der Waals surface area contributed by atoms with E-state index in [4.69, 9.17) is 21.6 Å². The third kappa shape index (κ3) is 2.48. The Bertz CT molecular complexity index is 655. The van der Waals surface area contributed by atoms with Crippen molar-refractivity contribution in [2.45, 2.75) is 20.5 Å². The minimum Gasteiger partial charge on any atom is -0.378 e. The van der Waals surface area contributed by atoms with E-state index in [1.807, 2.05) is 32.0 Å². The van der Waals surface area contributed by atoms with E-state index >= 15 is 0 Å². The highest BCUT2D eigenvalue weighted by molar-refractivity contribution is 6.31. The number of nitriles is 1. The smallest absolute Gasteiger partial charge is 0.151 e. The van der Waals surface area contributed by atoms with Crippen LogP contribution in [0.4, 0.5) is 0 Å². The number of hydrogen-bond acceptors (Lipinski definition) is 3. The molecule has 0 aliphatic carbocycles. The zero-order valence-corrected chi connectivity index (χ0v) is 11.8. The van der Waals surface area contributed by atoms with Crippen LogP contribution in [-0.2, 0) is 11.3 Å². The number of rotatable bonds is 3. The summed E-state index contributed by atoms with van der Waals surface area (Å²) in [7, 11) is 1.56. The van der Waals surface area contributed by atoms with Crippen LogP contribution in [0.3, 0.4) is 0 Å².